The second-order valence-electron chi connectivity index (χ2n) is 6.69. The van der Waals surface area contributed by atoms with Crippen LogP contribution >= 0.6 is 0 Å². The number of hydrogen-bond donors (Lipinski definition) is 1. The fraction of sp³-hybridized carbons (Fsp3) is 0.273. The summed E-state index contributed by atoms with van der Waals surface area (Å²) in [7, 11) is 5.35. The molecule has 0 spiro atoms. The third-order valence-electron chi connectivity index (χ3n) is 4.62. The molecule has 0 amide bonds. The quantitative estimate of drug-likeness (QED) is 0.492. The van der Waals surface area contributed by atoms with Crippen molar-refractivity contribution >= 4 is 5.96 Å². The highest BCUT2D eigenvalue weighted by molar-refractivity contribution is 5.79. The molecular formula is C22H26FN5O. The van der Waals surface area contributed by atoms with Crippen molar-refractivity contribution in [1.29, 1.82) is 0 Å². The average Bonchev–Trinajstić information content (AvgIpc) is 3.21. The molecule has 29 heavy (non-hydrogen) atoms. The van der Waals surface area contributed by atoms with Crippen LogP contribution in [0.4, 0.5) is 4.39 Å². The number of methoxy groups -OCH3 is 1. The van der Waals surface area contributed by atoms with Crippen LogP contribution < -0.4 is 5.32 Å². The number of nitrogens with zero attached hydrogens (tertiary/aromatic N) is 4. The Hall–Kier alpha value is -3.19. The molecule has 0 aliphatic carbocycles. The molecule has 152 valence electrons. The minimum absolute atomic E-state index is 0.207. The molecular weight excluding hydrogens is 369 g/mol. The zero-order chi connectivity index (χ0) is 20.6. The van der Waals surface area contributed by atoms with Crippen molar-refractivity contribution in [3.05, 3.63) is 83.9 Å². The van der Waals surface area contributed by atoms with Crippen LogP contribution in [-0.2, 0) is 11.3 Å². The maximum absolute atomic E-state index is 13.2. The van der Waals surface area contributed by atoms with Gasteiger partial charge in [0.05, 0.1) is 18.0 Å². The van der Waals surface area contributed by atoms with Gasteiger partial charge in [0.2, 0.25) is 0 Å². The highest BCUT2D eigenvalue weighted by Crippen LogP contribution is 2.16. The van der Waals surface area contributed by atoms with Crippen molar-refractivity contribution in [2.24, 2.45) is 4.99 Å². The van der Waals surface area contributed by atoms with Crippen molar-refractivity contribution in [2.75, 3.05) is 27.7 Å². The van der Waals surface area contributed by atoms with Crippen LogP contribution in [0.25, 0.3) is 5.69 Å². The summed E-state index contributed by atoms with van der Waals surface area (Å²) < 4.78 is 20.6. The van der Waals surface area contributed by atoms with Crippen molar-refractivity contribution in [3.8, 4) is 5.69 Å². The second-order valence-corrected chi connectivity index (χ2v) is 6.69. The van der Waals surface area contributed by atoms with Crippen LogP contribution in [0.1, 0.15) is 17.2 Å². The molecule has 1 atom stereocenters. The summed E-state index contributed by atoms with van der Waals surface area (Å²) in [5.74, 6) is 0.477. The Morgan fingerprint density at radius 2 is 1.93 bits per heavy atom. The normalized spacial score (nSPS) is 12.6. The van der Waals surface area contributed by atoms with E-state index < -0.39 is 0 Å². The molecule has 0 bridgehead atoms. The first-order chi connectivity index (χ1) is 14.1. The van der Waals surface area contributed by atoms with Crippen LogP contribution in [-0.4, -0.2) is 48.4 Å². The van der Waals surface area contributed by atoms with Crippen molar-refractivity contribution in [1.82, 2.24) is 20.0 Å². The van der Waals surface area contributed by atoms with E-state index in [1.807, 2.05) is 59.4 Å². The summed E-state index contributed by atoms with van der Waals surface area (Å²) in [5.41, 5.74) is 3.00. The van der Waals surface area contributed by atoms with Crippen molar-refractivity contribution < 1.29 is 9.13 Å². The molecule has 0 aliphatic heterocycles. The highest BCUT2D eigenvalue weighted by Gasteiger charge is 2.14. The van der Waals surface area contributed by atoms with Crippen molar-refractivity contribution in [3.63, 3.8) is 0 Å². The fourth-order valence-corrected chi connectivity index (χ4v) is 3.10. The molecule has 0 aliphatic rings. The standard InChI is InChI=1S/C22H26FN5O/c1-24-22(25-14-21(29-3)18-9-11-19(23)12-10-18)27(2)15-17-13-26-28(16-17)20-7-5-4-6-8-20/h4-13,16,21H,14-15H2,1-3H3,(H,24,25). The van der Waals surface area contributed by atoms with Crippen LogP contribution in [0.15, 0.2) is 72.0 Å². The van der Waals surface area contributed by atoms with Gasteiger partial charge in [-0.15, -0.1) is 0 Å². The lowest BCUT2D eigenvalue weighted by Crippen LogP contribution is -2.40. The first kappa shape index (κ1) is 20.5. The summed E-state index contributed by atoms with van der Waals surface area (Å²) in [6, 6.07) is 16.3. The Morgan fingerprint density at radius 3 is 2.59 bits per heavy atom. The maximum Gasteiger partial charge on any atom is 0.193 e. The van der Waals surface area contributed by atoms with Gasteiger partial charge in [0.15, 0.2) is 5.96 Å². The second kappa shape index (κ2) is 9.84. The van der Waals surface area contributed by atoms with E-state index >= 15 is 0 Å². The Bertz CT molecular complexity index is 924. The van der Waals surface area contributed by atoms with Crippen LogP contribution in [0, 0.1) is 5.82 Å². The van der Waals surface area contributed by atoms with Gasteiger partial charge in [0.25, 0.3) is 0 Å². The lowest BCUT2D eigenvalue weighted by atomic mass is 10.1. The van der Waals surface area contributed by atoms with E-state index in [-0.39, 0.29) is 11.9 Å². The number of nitrogens with one attached hydrogen (secondary N) is 1. The highest BCUT2D eigenvalue weighted by atomic mass is 19.1. The Morgan fingerprint density at radius 1 is 1.21 bits per heavy atom. The molecule has 0 saturated carbocycles. The monoisotopic (exact) mass is 395 g/mol. The SMILES string of the molecule is CN=C(NCC(OC)c1ccc(F)cc1)N(C)Cc1cnn(-c2ccccc2)c1. The van der Waals surface area contributed by atoms with Gasteiger partial charge in [0.1, 0.15) is 5.82 Å². The fourth-order valence-electron chi connectivity index (χ4n) is 3.10. The predicted molar refractivity (Wildman–Crippen MR) is 113 cm³/mol. The molecule has 1 heterocycles. The number of halogens is 1. The summed E-state index contributed by atoms with van der Waals surface area (Å²) in [5, 5.41) is 7.76. The van der Waals surface area contributed by atoms with Gasteiger partial charge < -0.3 is 15.0 Å². The number of rotatable bonds is 7. The van der Waals surface area contributed by atoms with Crippen LogP contribution in [0.2, 0.25) is 0 Å². The largest absolute Gasteiger partial charge is 0.375 e. The van der Waals surface area contributed by atoms with Crippen LogP contribution in [0.5, 0.6) is 0 Å². The summed E-state index contributed by atoms with van der Waals surface area (Å²) in [4.78, 5) is 6.37. The Balaban J connectivity index is 1.60. The smallest absolute Gasteiger partial charge is 0.193 e. The summed E-state index contributed by atoms with van der Waals surface area (Å²) in [6.07, 6.45) is 3.66. The van der Waals surface area contributed by atoms with Crippen molar-refractivity contribution in [2.45, 2.75) is 12.6 Å². The molecule has 3 rings (SSSR count). The number of benzene rings is 2. The predicted octanol–water partition coefficient (Wildman–Crippen LogP) is 3.41. The lowest BCUT2D eigenvalue weighted by Gasteiger charge is -2.24. The third-order valence-corrected chi connectivity index (χ3v) is 4.62. The van der Waals surface area contributed by atoms with E-state index in [9.17, 15) is 4.39 Å². The van der Waals surface area contributed by atoms with E-state index in [4.69, 9.17) is 4.74 Å². The number of para-hydroxylation sites is 1. The third kappa shape index (κ3) is 5.42. The lowest BCUT2D eigenvalue weighted by molar-refractivity contribution is 0.106. The van der Waals surface area contributed by atoms with E-state index in [1.54, 1.807) is 26.3 Å². The van der Waals surface area contributed by atoms with E-state index in [0.717, 1.165) is 22.8 Å². The van der Waals surface area contributed by atoms with E-state index in [2.05, 4.69) is 15.4 Å². The molecule has 0 fully saturated rings. The first-order valence-corrected chi connectivity index (χ1v) is 9.39. The average molecular weight is 395 g/mol. The zero-order valence-electron chi connectivity index (χ0n) is 16.9. The first-order valence-electron chi connectivity index (χ1n) is 9.39. The molecule has 2 aromatic carbocycles. The van der Waals surface area contributed by atoms with Gasteiger partial charge in [-0.2, -0.15) is 5.10 Å². The number of guanidine groups is 1. The van der Waals surface area contributed by atoms with Gasteiger partial charge in [-0.3, -0.25) is 4.99 Å². The van der Waals surface area contributed by atoms with Gasteiger partial charge in [-0.25, -0.2) is 9.07 Å². The zero-order valence-corrected chi connectivity index (χ0v) is 16.9. The van der Waals surface area contributed by atoms with Gasteiger partial charge in [-0.1, -0.05) is 30.3 Å². The molecule has 0 saturated heterocycles. The summed E-state index contributed by atoms with van der Waals surface area (Å²) in [6.45, 7) is 1.17. The van der Waals surface area contributed by atoms with Gasteiger partial charge in [0, 0.05) is 46.1 Å². The molecule has 1 unspecified atom stereocenters. The number of aromatic nitrogens is 2. The van der Waals surface area contributed by atoms with Gasteiger partial charge in [-0.05, 0) is 29.8 Å². The molecule has 1 N–H and O–H groups in total. The number of hydrogen-bond acceptors (Lipinski definition) is 3. The molecule has 1 aromatic heterocycles. The van der Waals surface area contributed by atoms with E-state index in [1.165, 1.54) is 12.1 Å². The van der Waals surface area contributed by atoms with E-state index in [0.29, 0.717) is 13.1 Å². The molecule has 7 heteroatoms. The minimum atomic E-state index is -0.261. The number of aliphatic imine (C=N–C) groups is 1. The topological polar surface area (TPSA) is 54.7 Å². The summed E-state index contributed by atoms with van der Waals surface area (Å²) >= 11 is 0. The molecule has 0 radical (unpaired) electrons. The minimum Gasteiger partial charge on any atom is -0.375 e. The maximum atomic E-state index is 13.2. The Kier molecular flexibility index (Phi) is 6.97. The molecule has 6 nitrogen and oxygen atoms in total. The van der Waals surface area contributed by atoms with Crippen LogP contribution in [0.3, 0.4) is 0 Å². The van der Waals surface area contributed by atoms with Gasteiger partial charge >= 0.3 is 0 Å². The Labute approximate surface area is 170 Å². The number of ether oxygens (including phenoxy) is 1. The molecule has 3 aromatic rings.